The van der Waals surface area contributed by atoms with E-state index in [1.165, 1.54) is 0 Å². The van der Waals surface area contributed by atoms with Gasteiger partial charge in [0.15, 0.2) is 11.3 Å². The van der Waals surface area contributed by atoms with Crippen molar-refractivity contribution in [1.29, 1.82) is 0 Å². The summed E-state index contributed by atoms with van der Waals surface area (Å²) in [5.41, 5.74) is 0.717. The van der Waals surface area contributed by atoms with Gasteiger partial charge >= 0.3 is 5.97 Å². The molecule has 0 aliphatic carbocycles. The van der Waals surface area contributed by atoms with Crippen molar-refractivity contribution in [3.8, 4) is 5.75 Å². The summed E-state index contributed by atoms with van der Waals surface area (Å²) in [6, 6.07) is 7.59. The van der Waals surface area contributed by atoms with Crippen molar-refractivity contribution >= 4 is 16.9 Å². The van der Waals surface area contributed by atoms with Crippen LogP contribution in [-0.4, -0.2) is 26.2 Å². The van der Waals surface area contributed by atoms with E-state index in [-0.39, 0.29) is 18.6 Å². The van der Waals surface area contributed by atoms with Crippen molar-refractivity contribution in [2.75, 3.05) is 20.3 Å². The minimum absolute atomic E-state index is 0.0866. The van der Waals surface area contributed by atoms with Gasteiger partial charge in [0.2, 0.25) is 0 Å². The van der Waals surface area contributed by atoms with Crippen LogP contribution in [0.15, 0.2) is 28.7 Å². The van der Waals surface area contributed by atoms with Crippen LogP contribution >= 0.6 is 0 Å². The lowest BCUT2D eigenvalue weighted by Crippen LogP contribution is -2.27. The second kappa shape index (κ2) is 6.43. The van der Waals surface area contributed by atoms with Gasteiger partial charge in [0, 0.05) is 5.39 Å². The van der Waals surface area contributed by atoms with Crippen LogP contribution in [0.25, 0.3) is 11.0 Å². The molecule has 1 aromatic carbocycles. The quantitative estimate of drug-likeness (QED) is 0.822. The van der Waals surface area contributed by atoms with Crippen LogP contribution in [0.3, 0.4) is 0 Å². The Morgan fingerprint density at radius 2 is 2.25 bits per heavy atom. The number of rotatable bonds is 6. The molecule has 0 saturated heterocycles. The van der Waals surface area contributed by atoms with Gasteiger partial charge in [-0.2, -0.15) is 0 Å². The van der Waals surface area contributed by atoms with Gasteiger partial charge in [0.05, 0.1) is 26.3 Å². The molecule has 5 heteroatoms. The summed E-state index contributed by atoms with van der Waals surface area (Å²) in [4.78, 5) is 11.3. The van der Waals surface area contributed by atoms with Crippen LogP contribution in [0, 0.1) is 0 Å². The molecule has 108 valence electrons. The molecule has 0 aliphatic rings. The molecular weight excluding hydrogens is 258 g/mol. The molecule has 1 atom stereocenters. The average Bonchev–Trinajstić information content (AvgIpc) is 2.89. The third-order valence-corrected chi connectivity index (χ3v) is 3.03. The zero-order valence-electron chi connectivity index (χ0n) is 11.9. The number of carbonyl (C=O) groups is 1. The first-order valence-corrected chi connectivity index (χ1v) is 6.61. The molecule has 5 nitrogen and oxygen atoms in total. The molecular formula is C15H19NO4. The molecule has 0 fully saturated rings. The second-order valence-electron chi connectivity index (χ2n) is 4.44. The van der Waals surface area contributed by atoms with Crippen molar-refractivity contribution in [1.82, 2.24) is 5.32 Å². The van der Waals surface area contributed by atoms with Crippen LogP contribution in [0.1, 0.15) is 25.6 Å². The molecule has 0 saturated carbocycles. The topological polar surface area (TPSA) is 60.7 Å². The largest absolute Gasteiger partial charge is 0.493 e. The zero-order valence-corrected chi connectivity index (χ0v) is 11.9. The van der Waals surface area contributed by atoms with E-state index < -0.39 is 0 Å². The summed E-state index contributed by atoms with van der Waals surface area (Å²) >= 11 is 0. The van der Waals surface area contributed by atoms with E-state index in [1.54, 1.807) is 14.0 Å². The molecule has 1 aromatic heterocycles. The van der Waals surface area contributed by atoms with E-state index in [9.17, 15) is 4.79 Å². The summed E-state index contributed by atoms with van der Waals surface area (Å²) in [5.74, 6) is 1.19. The van der Waals surface area contributed by atoms with Crippen LogP contribution in [0.2, 0.25) is 0 Å². The van der Waals surface area contributed by atoms with Gasteiger partial charge in [-0.1, -0.05) is 12.1 Å². The molecule has 2 aromatic rings. The Balaban J connectivity index is 2.10. The van der Waals surface area contributed by atoms with Gasteiger partial charge in [-0.25, -0.2) is 0 Å². The summed E-state index contributed by atoms with van der Waals surface area (Å²) in [6.45, 7) is 4.26. The Labute approximate surface area is 117 Å². The molecule has 0 radical (unpaired) electrons. The van der Waals surface area contributed by atoms with Crippen molar-refractivity contribution < 1.29 is 18.7 Å². The molecule has 1 N–H and O–H groups in total. The van der Waals surface area contributed by atoms with Gasteiger partial charge in [0.25, 0.3) is 0 Å². The van der Waals surface area contributed by atoms with Crippen molar-refractivity contribution in [3.63, 3.8) is 0 Å². The van der Waals surface area contributed by atoms with Crippen molar-refractivity contribution in [2.24, 2.45) is 0 Å². The number of hydrogen-bond acceptors (Lipinski definition) is 5. The maximum absolute atomic E-state index is 11.3. The number of furan rings is 1. The fraction of sp³-hybridized carbons (Fsp3) is 0.400. The van der Waals surface area contributed by atoms with Crippen LogP contribution < -0.4 is 10.1 Å². The highest BCUT2D eigenvalue weighted by atomic mass is 16.5. The first-order chi connectivity index (χ1) is 9.65. The molecule has 0 bridgehead atoms. The van der Waals surface area contributed by atoms with Gasteiger partial charge in [-0.3, -0.25) is 10.1 Å². The fourth-order valence-corrected chi connectivity index (χ4v) is 1.98. The third kappa shape index (κ3) is 3.11. The Hall–Kier alpha value is -2.01. The van der Waals surface area contributed by atoms with Crippen LogP contribution in [-0.2, 0) is 9.53 Å². The number of fused-ring (bicyclic) bond motifs is 1. The third-order valence-electron chi connectivity index (χ3n) is 3.03. The van der Waals surface area contributed by atoms with Crippen LogP contribution in [0.5, 0.6) is 5.75 Å². The molecule has 0 amide bonds. The number of ether oxygens (including phenoxy) is 2. The van der Waals surface area contributed by atoms with E-state index in [1.807, 2.05) is 31.2 Å². The SMILES string of the molecule is CCOC(=O)CNC(C)c1cc2cccc(OC)c2o1. The number of methoxy groups -OCH3 is 1. The highest BCUT2D eigenvalue weighted by Crippen LogP contribution is 2.30. The van der Waals surface area contributed by atoms with E-state index in [2.05, 4.69) is 5.32 Å². The van der Waals surface area contributed by atoms with E-state index in [0.29, 0.717) is 12.4 Å². The highest BCUT2D eigenvalue weighted by molar-refractivity contribution is 5.83. The van der Waals surface area contributed by atoms with Crippen molar-refractivity contribution in [3.05, 3.63) is 30.0 Å². The van der Waals surface area contributed by atoms with Gasteiger partial charge in [-0.05, 0) is 26.0 Å². The smallest absolute Gasteiger partial charge is 0.319 e. The summed E-state index contributed by atoms with van der Waals surface area (Å²) in [6.07, 6.45) is 0. The lowest BCUT2D eigenvalue weighted by atomic mass is 10.2. The predicted octanol–water partition coefficient (Wildman–Crippen LogP) is 2.66. The Bertz CT molecular complexity index is 591. The second-order valence-corrected chi connectivity index (χ2v) is 4.44. The number of hydrogen-bond donors (Lipinski definition) is 1. The predicted molar refractivity (Wildman–Crippen MR) is 75.8 cm³/mol. The lowest BCUT2D eigenvalue weighted by molar-refractivity contribution is -0.142. The number of esters is 1. The number of benzene rings is 1. The monoisotopic (exact) mass is 277 g/mol. The molecule has 0 aliphatic heterocycles. The molecule has 0 spiro atoms. The van der Waals surface area contributed by atoms with Crippen molar-refractivity contribution in [2.45, 2.75) is 19.9 Å². The number of carbonyl (C=O) groups excluding carboxylic acids is 1. The highest BCUT2D eigenvalue weighted by Gasteiger charge is 2.14. The average molecular weight is 277 g/mol. The summed E-state index contributed by atoms with van der Waals surface area (Å²) < 4.78 is 15.9. The minimum Gasteiger partial charge on any atom is -0.493 e. The summed E-state index contributed by atoms with van der Waals surface area (Å²) in [7, 11) is 1.61. The number of para-hydroxylation sites is 1. The minimum atomic E-state index is -0.270. The Morgan fingerprint density at radius 3 is 2.95 bits per heavy atom. The number of nitrogens with one attached hydrogen (secondary N) is 1. The van der Waals surface area contributed by atoms with E-state index >= 15 is 0 Å². The maximum Gasteiger partial charge on any atom is 0.319 e. The van der Waals surface area contributed by atoms with Gasteiger partial charge in [-0.15, -0.1) is 0 Å². The van der Waals surface area contributed by atoms with Crippen LogP contribution in [0.4, 0.5) is 0 Å². The molecule has 1 heterocycles. The van der Waals surface area contributed by atoms with Gasteiger partial charge in [0.1, 0.15) is 5.76 Å². The first-order valence-electron chi connectivity index (χ1n) is 6.61. The van der Waals surface area contributed by atoms with E-state index in [4.69, 9.17) is 13.9 Å². The Morgan fingerprint density at radius 1 is 1.45 bits per heavy atom. The molecule has 2 rings (SSSR count). The first kappa shape index (κ1) is 14.4. The Kier molecular flexibility index (Phi) is 4.63. The molecule has 1 unspecified atom stereocenters. The standard InChI is InChI=1S/C15H19NO4/c1-4-19-14(17)9-16-10(2)13-8-11-6-5-7-12(18-3)15(11)20-13/h5-8,10,16H,4,9H2,1-3H3. The normalized spacial score (nSPS) is 12.3. The molecule has 20 heavy (non-hydrogen) atoms. The lowest BCUT2D eigenvalue weighted by Gasteiger charge is -2.10. The maximum atomic E-state index is 11.3. The van der Waals surface area contributed by atoms with E-state index in [0.717, 1.165) is 16.7 Å². The summed E-state index contributed by atoms with van der Waals surface area (Å²) in [5, 5.41) is 4.05. The zero-order chi connectivity index (χ0) is 14.5. The fourth-order valence-electron chi connectivity index (χ4n) is 1.98. The van der Waals surface area contributed by atoms with Gasteiger partial charge < -0.3 is 13.9 Å².